The Morgan fingerprint density at radius 1 is 0.395 bits per heavy atom. The summed E-state index contributed by atoms with van der Waals surface area (Å²) < 4.78 is 49.1. The van der Waals surface area contributed by atoms with Gasteiger partial charge in [0.15, 0.2) is 0 Å². The lowest BCUT2D eigenvalue weighted by Crippen LogP contribution is -2.24. The predicted molar refractivity (Wildman–Crippen MR) is 169 cm³/mol. The van der Waals surface area contributed by atoms with E-state index < -0.39 is 5.60 Å². The van der Waals surface area contributed by atoms with Crippen LogP contribution in [0.15, 0.2) is 0 Å². The second-order valence-electron chi connectivity index (χ2n) is 11.4. The first-order chi connectivity index (χ1) is 21.0. The standard InChI is InChI=1S/C33H66O10/c1-5-6-7-8-9-10-11-12-13-14-16-35-18-20-37-22-24-39-26-28-41-30-31-42-29-27-40-25-23-38-21-19-36-17-15-32(34)43-33(2,3)4/h5-31H2,1-4H3. The zero-order chi connectivity index (χ0) is 31.5. The number of rotatable bonds is 35. The quantitative estimate of drug-likeness (QED) is 0.0640. The van der Waals surface area contributed by atoms with Crippen LogP contribution < -0.4 is 0 Å². The summed E-state index contributed by atoms with van der Waals surface area (Å²) in [7, 11) is 0. The Kier molecular flexibility index (Phi) is 33.4. The highest BCUT2D eigenvalue weighted by atomic mass is 16.6. The van der Waals surface area contributed by atoms with Crippen molar-refractivity contribution in [3.05, 3.63) is 0 Å². The molecule has 0 aromatic carbocycles. The normalized spacial score (nSPS) is 11.8. The highest BCUT2D eigenvalue weighted by molar-refractivity contribution is 5.69. The van der Waals surface area contributed by atoms with E-state index in [2.05, 4.69) is 6.92 Å². The average Bonchev–Trinajstić information content (AvgIpc) is 2.96. The second kappa shape index (κ2) is 34.0. The van der Waals surface area contributed by atoms with Crippen LogP contribution in [0.1, 0.15) is 98.3 Å². The van der Waals surface area contributed by atoms with Gasteiger partial charge in [0, 0.05) is 6.61 Å². The van der Waals surface area contributed by atoms with Crippen LogP contribution in [0.3, 0.4) is 0 Å². The monoisotopic (exact) mass is 622 g/mol. The van der Waals surface area contributed by atoms with Crippen LogP contribution in [-0.2, 0) is 47.4 Å². The number of carbonyl (C=O) groups is 1. The molecule has 0 saturated carbocycles. The maximum Gasteiger partial charge on any atom is 0.308 e. The SMILES string of the molecule is CCCCCCCCCCCCOCCOCCOCCOCCOCCOCCOCCOCCC(=O)OC(C)(C)C. The van der Waals surface area contributed by atoms with Crippen LogP contribution in [0, 0.1) is 0 Å². The van der Waals surface area contributed by atoms with E-state index in [1.165, 1.54) is 57.8 Å². The summed E-state index contributed by atoms with van der Waals surface area (Å²) in [5.74, 6) is -0.257. The molecule has 0 aliphatic rings. The zero-order valence-corrected chi connectivity index (χ0v) is 28.2. The maximum absolute atomic E-state index is 11.6. The number of hydrogen-bond donors (Lipinski definition) is 0. The van der Waals surface area contributed by atoms with E-state index in [-0.39, 0.29) is 12.4 Å². The van der Waals surface area contributed by atoms with Gasteiger partial charge in [-0.15, -0.1) is 0 Å². The lowest BCUT2D eigenvalue weighted by atomic mass is 10.1. The molecule has 0 heterocycles. The molecular weight excluding hydrogens is 556 g/mol. The minimum absolute atomic E-state index is 0.241. The molecule has 0 amide bonds. The van der Waals surface area contributed by atoms with Crippen molar-refractivity contribution >= 4 is 5.97 Å². The predicted octanol–water partition coefficient (Wildman–Crippen LogP) is 5.77. The molecule has 10 heteroatoms. The Morgan fingerprint density at radius 3 is 1.00 bits per heavy atom. The summed E-state index contributed by atoms with van der Waals surface area (Å²) in [5.41, 5.74) is -0.466. The van der Waals surface area contributed by atoms with E-state index in [1.54, 1.807) is 0 Å². The molecule has 10 nitrogen and oxygen atoms in total. The third-order valence-electron chi connectivity index (χ3n) is 6.12. The van der Waals surface area contributed by atoms with Crippen molar-refractivity contribution in [2.75, 3.05) is 106 Å². The van der Waals surface area contributed by atoms with Gasteiger partial charge in [-0.3, -0.25) is 4.79 Å². The molecule has 0 radical (unpaired) electrons. The molecule has 0 aromatic heterocycles. The van der Waals surface area contributed by atoms with Gasteiger partial charge in [0.2, 0.25) is 0 Å². The highest BCUT2D eigenvalue weighted by Crippen LogP contribution is 2.10. The van der Waals surface area contributed by atoms with E-state index in [0.717, 1.165) is 13.0 Å². The minimum atomic E-state index is -0.466. The molecule has 0 aliphatic carbocycles. The highest BCUT2D eigenvalue weighted by Gasteiger charge is 2.15. The van der Waals surface area contributed by atoms with Crippen LogP contribution in [0.5, 0.6) is 0 Å². The lowest BCUT2D eigenvalue weighted by Gasteiger charge is -2.19. The van der Waals surface area contributed by atoms with Crippen LogP contribution in [0.4, 0.5) is 0 Å². The topological polar surface area (TPSA) is 100 Å². The third-order valence-corrected chi connectivity index (χ3v) is 6.12. The van der Waals surface area contributed by atoms with Crippen molar-refractivity contribution in [3.8, 4) is 0 Å². The van der Waals surface area contributed by atoms with E-state index >= 15 is 0 Å². The zero-order valence-electron chi connectivity index (χ0n) is 28.2. The smallest absolute Gasteiger partial charge is 0.308 e. The number of unbranched alkanes of at least 4 members (excludes halogenated alkanes) is 9. The van der Waals surface area contributed by atoms with Crippen molar-refractivity contribution in [2.24, 2.45) is 0 Å². The Bertz CT molecular complexity index is 556. The fourth-order valence-corrected chi connectivity index (χ4v) is 3.88. The molecule has 0 fully saturated rings. The maximum atomic E-state index is 11.6. The molecule has 0 aliphatic heterocycles. The van der Waals surface area contributed by atoms with Gasteiger partial charge in [0.1, 0.15) is 5.60 Å². The van der Waals surface area contributed by atoms with Gasteiger partial charge in [0.05, 0.1) is 106 Å². The molecule has 0 rings (SSSR count). The van der Waals surface area contributed by atoms with Crippen LogP contribution >= 0.6 is 0 Å². The summed E-state index contributed by atoms with van der Waals surface area (Å²) in [6.07, 6.45) is 13.7. The van der Waals surface area contributed by atoms with E-state index in [0.29, 0.717) is 99.1 Å². The van der Waals surface area contributed by atoms with Gasteiger partial charge in [0.25, 0.3) is 0 Å². The molecule has 0 aromatic rings. The lowest BCUT2D eigenvalue weighted by molar-refractivity contribution is -0.156. The first kappa shape index (κ1) is 42.1. The summed E-state index contributed by atoms with van der Waals surface area (Å²) >= 11 is 0. The largest absolute Gasteiger partial charge is 0.460 e. The van der Waals surface area contributed by atoms with E-state index in [4.69, 9.17) is 42.6 Å². The molecule has 0 bridgehead atoms. The summed E-state index contributed by atoms with van der Waals surface area (Å²) in [6.45, 7) is 16.3. The van der Waals surface area contributed by atoms with Gasteiger partial charge < -0.3 is 42.6 Å². The number of hydrogen-bond acceptors (Lipinski definition) is 10. The Morgan fingerprint density at radius 2 is 0.674 bits per heavy atom. The number of esters is 1. The molecule has 258 valence electrons. The first-order valence-corrected chi connectivity index (χ1v) is 16.8. The van der Waals surface area contributed by atoms with E-state index in [1.807, 2.05) is 20.8 Å². The third kappa shape index (κ3) is 39.1. The Labute approximate surface area is 263 Å². The second-order valence-corrected chi connectivity index (χ2v) is 11.4. The summed E-state index contributed by atoms with van der Waals surface area (Å²) in [5, 5.41) is 0. The van der Waals surface area contributed by atoms with Crippen LogP contribution in [-0.4, -0.2) is 117 Å². The van der Waals surface area contributed by atoms with E-state index in [9.17, 15) is 4.79 Å². The molecule has 43 heavy (non-hydrogen) atoms. The first-order valence-electron chi connectivity index (χ1n) is 16.8. The van der Waals surface area contributed by atoms with Gasteiger partial charge in [-0.25, -0.2) is 0 Å². The summed E-state index contributed by atoms with van der Waals surface area (Å²) in [6, 6.07) is 0. The molecule has 0 atom stereocenters. The fraction of sp³-hybridized carbons (Fsp3) is 0.970. The van der Waals surface area contributed by atoms with Crippen molar-refractivity contribution in [3.63, 3.8) is 0 Å². The van der Waals surface area contributed by atoms with Gasteiger partial charge in [-0.05, 0) is 27.2 Å². The fourth-order valence-electron chi connectivity index (χ4n) is 3.88. The number of carbonyl (C=O) groups excluding carboxylic acids is 1. The number of ether oxygens (including phenoxy) is 9. The molecule has 0 spiro atoms. The average molecular weight is 623 g/mol. The van der Waals surface area contributed by atoms with Crippen LogP contribution in [0.2, 0.25) is 0 Å². The molecule has 0 unspecified atom stereocenters. The van der Waals surface area contributed by atoms with Gasteiger partial charge in [-0.1, -0.05) is 64.7 Å². The molecular formula is C33H66O10. The van der Waals surface area contributed by atoms with Crippen LogP contribution in [0.25, 0.3) is 0 Å². The van der Waals surface area contributed by atoms with Crippen molar-refractivity contribution < 1.29 is 47.4 Å². The van der Waals surface area contributed by atoms with Crippen molar-refractivity contribution in [2.45, 2.75) is 104 Å². The van der Waals surface area contributed by atoms with Gasteiger partial charge in [-0.2, -0.15) is 0 Å². The van der Waals surface area contributed by atoms with Gasteiger partial charge >= 0.3 is 5.97 Å². The minimum Gasteiger partial charge on any atom is -0.460 e. The van der Waals surface area contributed by atoms with Crippen molar-refractivity contribution in [1.29, 1.82) is 0 Å². The van der Waals surface area contributed by atoms with Crippen molar-refractivity contribution in [1.82, 2.24) is 0 Å². The summed E-state index contributed by atoms with van der Waals surface area (Å²) in [4.78, 5) is 11.6. The molecule has 0 N–H and O–H groups in total. The Hall–Kier alpha value is -0.850. The molecule has 0 saturated heterocycles. The Balaban J connectivity index is 3.09.